The molecule has 0 aliphatic carbocycles. The number of esters is 1. The van der Waals surface area contributed by atoms with Gasteiger partial charge in [0.05, 0.1) is 29.0 Å². The SMILES string of the molecule is COC(=O)C1=C(C)N(c2ccc(F)c(Cl)c2)C(=O)/C1=C\c1cccc(Br)c1. The molecule has 3 rings (SSSR count). The molecule has 0 fully saturated rings. The summed E-state index contributed by atoms with van der Waals surface area (Å²) >= 11 is 9.24. The van der Waals surface area contributed by atoms with Crippen LogP contribution in [0, 0.1) is 5.82 Å². The molecule has 2 aromatic carbocycles. The lowest BCUT2D eigenvalue weighted by Crippen LogP contribution is -2.24. The van der Waals surface area contributed by atoms with Gasteiger partial charge in [-0.15, -0.1) is 0 Å². The number of hydrogen-bond donors (Lipinski definition) is 0. The summed E-state index contributed by atoms with van der Waals surface area (Å²) in [5.41, 5.74) is 1.83. The third kappa shape index (κ3) is 3.68. The van der Waals surface area contributed by atoms with Gasteiger partial charge in [0, 0.05) is 10.2 Å². The molecule has 1 aliphatic heterocycles. The second kappa shape index (κ2) is 7.66. The first-order chi connectivity index (χ1) is 12.8. The van der Waals surface area contributed by atoms with E-state index in [2.05, 4.69) is 15.9 Å². The normalized spacial score (nSPS) is 15.7. The molecule has 0 spiro atoms. The van der Waals surface area contributed by atoms with Crippen LogP contribution in [-0.4, -0.2) is 19.0 Å². The van der Waals surface area contributed by atoms with Crippen LogP contribution in [0.2, 0.25) is 5.02 Å². The number of carbonyl (C=O) groups is 2. The number of nitrogens with zero attached hydrogens (tertiary/aromatic N) is 1. The Morgan fingerprint density at radius 1 is 1.26 bits per heavy atom. The summed E-state index contributed by atoms with van der Waals surface area (Å²) in [6.45, 7) is 1.63. The fourth-order valence-corrected chi connectivity index (χ4v) is 3.47. The van der Waals surface area contributed by atoms with Gasteiger partial charge in [-0.25, -0.2) is 9.18 Å². The number of benzene rings is 2. The first-order valence-electron chi connectivity index (χ1n) is 7.90. The Morgan fingerprint density at radius 2 is 2.00 bits per heavy atom. The number of ether oxygens (including phenoxy) is 1. The summed E-state index contributed by atoms with van der Waals surface area (Å²) in [4.78, 5) is 26.8. The quantitative estimate of drug-likeness (QED) is 0.482. The van der Waals surface area contributed by atoms with Crippen molar-refractivity contribution in [3.8, 4) is 0 Å². The average Bonchev–Trinajstić information content (AvgIpc) is 2.87. The molecule has 4 nitrogen and oxygen atoms in total. The van der Waals surface area contributed by atoms with Crippen LogP contribution in [0.15, 0.2) is 63.8 Å². The molecule has 0 aromatic heterocycles. The Hall–Kier alpha value is -2.44. The summed E-state index contributed by atoms with van der Waals surface area (Å²) < 4.78 is 19.2. The van der Waals surface area contributed by atoms with Gasteiger partial charge in [0.1, 0.15) is 5.82 Å². The van der Waals surface area contributed by atoms with Crippen LogP contribution in [0.3, 0.4) is 0 Å². The zero-order valence-electron chi connectivity index (χ0n) is 14.4. The van der Waals surface area contributed by atoms with Crippen molar-refractivity contribution in [2.75, 3.05) is 12.0 Å². The number of hydrogen-bond acceptors (Lipinski definition) is 3. The minimum absolute atomic E-state index is 0.114. The molecule has 27 heavy (non-hydrogen) atoms. The molecule has 0 bridgehead atoms. The molecular weight excluding hydrogens is 437 g/mol. The van der Waals surface area contributed by atoms with Crippen molar-refractivity contribution < 1.29 is 18.7 Å². The number of amides is 1. The van der Waals surface area contributed by atoms with E-state index in [0.717, 1.165) is 10.0 Å². The maximum atomic E-state index is 13.5. The van der Waals surface area contributed by atoms with Crippen LogP contribution in [0.25, 0.3) is 6.08 Å². The highest BCUT2D eigenvalue weighted by atomic mass is 79.9. The van der Waals surface area contributed by atoms with E-state index < -0.39 is 17.7 Å². The van der Waals surface area contributed by atoms with E-state index in [1.165, 1.54) is 30.2 Å². The molecule has 1 aliphatic rings. The van der Waals surface area contributed by atoms with Crippen molar-refractivity contribution in [1.82, 2.24) is 0 Å². The van der Waals surface area contributed by atoms with Gasteiger partial charge in [0.25, 0.3) is 5.91 Å². The van der Waals surface area contributed by atoms with Gasteiger partial charge < -0.3 is 4.74 Å². The molecule has 0 atom stereocenters. The van der Waals surface area contributed by atoms with Crippen LogP contribution in [0.4, 0.5) is 10.1 Å². The summed E-state index contributed by atoms with van der Waals surface area (Å²) in [5.74, 6) is -1.64. The number of rotatable bonds is 3. The molecule has 0 saturated carbocycles. The third-order valence-electron chi connectivity index (χ3n) is 4.11. The number of carbonyl (C=O) groups excluding carboxylic acids is 2. The van der Waals surface area contributed by atoms with Gasteiger partial charge in [0.15, 0.2) is 0 Å². The summed E-state index contributed by atoms with van der Waals surface area (Å²) in [7, 11) is 1.25. The Labute approximate surface area is 169 Å². The van der Waals surface area contributed by atoms with Crippen molar-refractivity contribution >= 4 is 51.2 Å². The van der Waals surface area contributed by atoms with E-state index >= 15 is 0 Å². The fraction of sp³-hybridized carbons (Fsp3) is 0.100. The van der Waals surface area contributed by atoms with E-state index in [0.29, 0.717) is 11.4 Å². The maximum Gasteiger partial charge on any atom is 0.340 e. The second-order valence-corrected chi connectivity index (χ2v) is 7.13. The fourth-order valence-electron chi connectivity index (χ4n) is 2.88. The number of anilines is 1. The van der Waals surface area contributed by atoms with Crippen molar-refractivity contribution in [3.05, 3.63) is 80.2 Å². The minimum atomic E-state index is -0.627. The van der Waals surface area contributed by atoms with E-state index in [-0.39, 0.29) is 16.2 Å². The highest BCUT2D eigenvalue weighted by Crippen LogP contribution is 2.36. The number of allylic oxidation sites excluding steroid dienone is 1. The van der Waals surface area contributed by atoms with E-state index in [4.69, 9.17) is 16.3 Å². The highest BCUT2D eigenvalue weighted by molar-refractivity contribution is 9.10. The predicted molar refractivity (Wildman–Crippen MR) is 106 cm³/mol. The predicted octanol–water partition coefficient (Wildman–Crippen LogP) is 5.12. The Morgan fingerprint density at radius 3 is 2.63 bits per heavy atom. The van der Waals surface area contributed by atoms with Crippen LogP contribution < -0.4 is 4.90 Å². The largest absolute Gasteiger partial charge is 0.465 e. The van der Waals surface area contributed by atoms with E-state index in [1.54, 1.807) is 13.0 Å². The molecule has 7 heteroatoms. The molecule has 0 radical (unpaired) electrons. The van der Waals surface area contributed by atoms with Crippen molar-refractivity contribution in [3.63, 3.8) is 0 Å². The monoisotopic (exact) mass is 449 g/mol. The van der Waals surface area contributed by atoms with Crippen molar-refractivity contribution in [2.24, 2.45) is 0 Å². The standard InChI is InChI=1S/C20H14BrClFNO3/c1-11-18(20(26)27-2)15(9-12-4-3-5-13(21)8-12)19(25)24(11)14-6-7-17(23)16(22)10-14/h3-10H,1-2H3/b15-9-. The van der Waals surface area contributed by atoms with Gasteiger partial charge in [0.2, 0.25) is 0 Å². The molecule has 1 amide bonds. The third-order valence-corrected chi connectivity index (χ3v) is 4.89. The molecule has 0 N–H and O–H groups in total. The molecule has 1 heterocycles. The first-order valence-corrected chi connectivity index (χ1v) is 9.07. The van der Waals surface area contributed by atoms with Gasteiger partial charge in [-0.3, -0.25) is 9.69 Å². The Balaban J connectivity index is 2.15. The van der Waals surface area contributed by atoms with Gasteiger partial charge in [-0.2, -0.15) is 0 Å². The number of methoxy groups -OCH3 is 1. The topological polar surface area (TPSA) is 46.6 Å². The average molecular weight is 451 g/mol. The number of halogens is 3. The lowest BCUT2D eigenvalue weighted by Gasteiger charge is -2.18. The maximum absolute atomic E-state index is 13.5. The lowest BCUT2D eigenvalue weighted by atomic mass is 10.0. The van der Waals surface area contributed by atoms with Crippen LogP contribution in [0.1, 0.15) is 12.5 Å². The summed E-state index contributed by atoms with van der Waals surface area (Å²) in [6.07, 6.45) is 1.62. The van der Waals surface area contributed by atoms with E-state index in [1.807, 2.05) is 24.3 Å². The van der Waals surface area contributed by atoms with Gasteiger partial charge in [-0.1, -0.05) is 39.7 Å². The zero-order chi connectivity index (χ0) is 19.7. The van der Waals surface area contributed by atoms with Crippen LogP contribution in [0.5, 0.6) is 0 Å². The van der Waals surface area contributed by atoms with Crippen LogP contribution in [-0.2, 0) is 14.3 Å². The van der Waals surface area contributed by atoms with Crippen molar-refractivity contribution in [1.29, 1.82) is 0 Å². The Bertz CT molecular complexity index is 1020. The molecule has 0 unspecified atom stereocenters. The second-order valence-electron chi connectivity index (χ2n) is 5.80. The molecular formula is C20H14BrClFNO3. The van der Waals surface area contributed by atoms with Gasteiger partial charge >= 0.3 is 5.97 Å². The lowest BCUT2D eigenvalue weighted by molar-refractivity contribution is -0.136. The molecule has 138 valence electrons. The molecule has 2 aromatic rings. The Kier molecular flexibility index (Phi) is 5.48. The van der Waals surface area contributed by atoms with Gasteiger partial charge in [-0.05, 0) is 48.9 Å². The molecule has 0 saturated heterocycles. The minimum Gasteiger partial charge on any atom is -0.465 e. The van der Waals surface area contributed by atoms with Crippen molar-refractivity contribution in [2.45, 2.75) is 6.92 Å². The summed E-state index contributed by atoms with van der Waals surface area (Å²) in [6, 6.07) is 11.3. The highest BCUT2D eigenvalue weighted by Gasteiger charge is 2.38. The van der Waals surface area contributed by atoms with E-state index in [9.17, 15) is 14.0 Å². The zero-order valence-corrected chi connectivity index (χ0v) is 16.8. The summed E-state index contributed by atoms with van der Waals surface area (Å²) in [5, 5.41) is -0.114. The smallest absolute Gasteiger partial charge is 0.340 e. The first kappa shape index (κ1) is 19.3. The van der Waals surface area contributed by atoms with Crippen LogP contribution >= 0.6 is 27.5 Å².